The first kappa shape index (κ1) is 20.8. The Morgan fingerprint density at radius 3 is 2.58 bits per heavy atom. The van der Waals surface area contributed by atoms with Crippen LogP contribution in [0.3, 0.4) is 0 Å². The minimum absolute atomic E-state index is 0.0926. The van der Waals surface area contributed by atoms with Crippen LogP contribution in [-0.4, -0.2) is 22.8 Å². The van der Waals surface area contributed by atoms with Crippen molar-refractivity contribution >= 4 is 27.5 Å². The number of methoxy groups -OCH3 is 1. The number of anilines is 1. The summed E-state index contributed by atoms with van der Waals surface area (Å²) in [7, 11) is 1.57. The van der Waals surface area contributed by atoms with Crippen molar-refractivity contribution in [2.45, 2.75) is 6.54 Å². The van der Waals surface area contributed by atoms with Gasteiger partial charge in [0.05, 0.1) is 24.9 Å². The van der Waals surface area contributed by atoms with E-state index in [2.05, 4.69) is 26.3 Å². The highest BCUT2D eigenvalue weighted by atomic mass is 79.9. The summed E-state index contributed by atoms with van der Waals surface area (Å²) in [4.78, 5) is 13.1. The molecule has 1 heterocycles. The van der Waals surface area contributed by atoms with E-state index in [1.54, 1.807) is 24.1 Å². The van der Waals surface area contributed by atoms with Crippen LogP contribution in [0.5, 0.6) is 5.75 Å². The molecule has 1 N–H and O–H groups in total. The van der Waals surface area contributed by atoms with Crippen molar-refractivity contribution in [2.24, 2.45) is 0 Å². The zero-order valence-electron chi connectivity index (χ0n) is 16.7. The normalized spacial score (nSPS) is 10.7. The standard InChI is InChI=1S/C24H19BrFN3O2/c1-31-22-10-6-5-9-18(22)23-19(15-29(28-23)14-16-7-3-2-4-8-16)24(30)27-21-12-11-17(25)13-20(21)26/h2-13,15H,14H2,1H3,(H,27,30). The fourth-order valence-electron chi connectivity index (χ4n) is 3.26. The van der Waals surface area contributed by atoms with E-state index in [0.29, 0.717) is 33.6 Å². The number of hydrogen-bond donors (Lipinski definition) is 1. The van der Waals surface area contributed by atoms with Gasteiger partial charge in [-0.25, -0.2) is 4.39 Å². The lowest BCUT2D eigenvalue weighted by atomic mass is 10.1. The van der Waals surface area contributed by atoms with E-state index < -0.39 is 11.7 Å². The van der Waals surface area contributed by atoms with E-state index in [1.807, 2.05) is 54.6 Å². The number of nitrogens with one attached hydrogen (secondary N) is 1. The Morgan fingerprint density at radius 1 is 1.10 bits per heavy atom. The SMILES string of the molecule is COc1ccccc1-c1nn(Cc2ccccc2)cc1C(=O)Nc1ccc(Br)cc1F. The summed E-state index contributed by atoms with van der Waals surface area (Å²) in [5, 5.41) is 7.31. The van der Waals surface area contributed by atoms with Gasteiger partial charge in [-0.15, -0.1) is 0 Å². The Labute approximate surface area is 187 Å². The topological polar surface area (TPSA) is 56.2 Å². The smallest absolute Gasteiger partial charge is 0.259 e. The Kier molecular flexibility index (Phi) is 6.13. The summed E-state index contributed by atoms with van der Waals surface area (Å²) in [5.41, 5.74) is 2.60. The Morgan fingerprint density at radius 2 is 1.84 bits per heavy atom. The van der Waals surface area contributed by atoms with Crippen molar-refractivity contribution in [3.8, 4) is 17.0 Å². The molecular weight excluding hydrogens is 461 g/mol. The molecule has 0 aliphatic rings. The second-order valence-corrected chi connectivity index (χ2v) is 7.77. The van der Waals surface area contributed by atoms with Gasteiger partial charge in [-0.2, -0.15) is 5.10 Å². The van der Waals surface area contributed by atoms with E-state index in [4.69, 9.17) is 4.74 Å². The third-order valence-electron chi connectivity index (χ3n) is 4.74. The highest BCUT2D eigenvalue weighted by molar-refractivity contribution is 9.10. The van der Waals surface area contributed by atoms with Crippen LogP contribution in [0.2, 0.25) is 0 Å². The van der Waals surface area contributed by atoms with Crippen LogP contribution < -0.4 is 10.1 Å². The Bertz CT molecular complexity index is 1220. The van der Waals surface area contributed by atoms with E-state index in [0.717, 1.165) is 5.56 Å². The first-order valence-electron chi connectivity index (χ1n) is 9.56. The summed E-state index contributed by atoms with van der Waals surface area (Å²) in [6.07, 6.45) is 1.67. The summed E-state index contributed by atoms with van der Waals surface area (Å²) >= 11 is 3.22. The van der Waals surface area contributed by atoms with Gasteiger partial charge in [0.2, 0.25) is 0 Å². The molecular formula is C24H19BrFN3O2. The molecule has 0 spiro atoms. The van der Waals surface area contributed by atoms with Gasteiger partial charge in [0.25, 0.3) is 5.91 Å². The number of aromatic nitrogens is 2. The molecule has 156 valence electrons. The lowest BCUT2D eigenvalue weighted by molar-refractivity contribution is 0.102. The number of amides is 1. The quantitative estimate of drug-likeness (QED) is 0.382. The number of ether oxygens (including phenoxy) is 1. The lowest BCUT2D eigenvalue weighted by Gasteiger charge is -2.09. The molecule has 0 saturated carbocycles. The summed E-state index contributed by atoms with van der Waals surface area (Å²) in [5.74, 6) is -0.393. The molecule has 5 nitrogen and oxygen atoms in total. The number of benzene rings is 3. The van der Waals surface area contributed by atoms with Crippen LogP contribution >= 0.6 is 15.9 Å². The van der Waals surface area contributed by atoms with E-state index in [-0.39, 0.29) is 5.69 Å². The van der Waals surface area contributed by atoms with E-state index in [1.165, 1.54) is 12.1 Å². The average Bonchev–Trinajstić information content (AvgIpc) is 3.20. The third-order valence-corrected chi connectivity index (χ3v) is 5.23. The van der Waals surface area contributed by atoms with Crippen molar-refractivity contribution < 1.29 is 13.9 Å². The summed E-state index contributed by atoms with van der Waals surface area (Å²) < 4.78 is 22.0. The molecule has 0 aliphatic heterocycles. The monoisotopic (exact) mass is 479 g/mol. The number of carbonyl (C=O) groups is 1. The number of carbonyl (C=O) groups excluding carboxylic acids is 1. The number of halogens is 2. The van der Waals surface area contributed by atoms with Crippen molar-refractivity contribution in [1.29, 1.82) is 0 Å². The predicted molar refractivity (Wildman–Crippen MR) is 122 cm³/mol. The fourth-order valence-corrected chi connectivity index (χ4v) is 3.59. The maximum Gasteiger partial charge on any atom is 0.259 e. The average molecular weight is 480 g/mol. The summed E-state index contributed by atoms with van der Waals surface area (Å²) in [6, 6.07) is 21.6. The van der Waals surface area contributed by atoms with Gasteiger partial charge >= 0.3 is 0 Å². The first-order chi connectivity index (χ1) is 15.0. The molecule has 3 aromatic carbocycles. The van der Waals surface area contributed by atoms with Crippen LogP contribution in [0, 0.1) is 5.82 Å². The first-order valence-corrected chi connectivity index (χ1v) is 10.4. The van der Waals surface area contributed by atoms with Gasteiger partial charge in [0.1, 0.15) is 17.3 Å². The molecule has 0 aliphatic carbocycles. The van der Waals surface area contributed by atoms with Crippen LogP contribution in [0.1, 0.15) is 15.9 Å². The van der Waals surface area contributed by atoms with Crippen LogP contribution in [0.15, 0.2) is 83.5 Å². The zero-order valence-corrected chi connectivity index (χ0v) is 18.3. The molecule has 0 saturated heterocycles. The van der Waals surface area contributed by atoms with Crippen LogP contribution in [0.4, 0.5) is 10.1 Å². The highest BCUT2D eigenvalue weighted by Gasteiger charge is 2.21. The van der Waals surface area contributed by atoms with E-state index >= 15 is 0 Å². The van der Waals surface area contributed by atoms with Gasteiger partial charge in [-0.1, -0.05) is 58.4 Å². The van der Waals surface area contributed by atoms with Gasteiger partial charge < -0.3 is 10.1 Å². The van der Waals surface area contributed by atoms with Crippen molar-refractivity contribution in [3.05, 3.63) is 100 Å². The zero-order chi connectivity index (χ0) is 21.8. The van der Waals surface area contributed by atoms with Crippen molar-refractivity contribution in [2.75, 3.05) is 12.4 Å². The molecule has 4 aromatic rings. The third kappa shape index (κ3) is 4.67. The number of rotatable bonds is 6. The highest BCUT2D eigenvalue weighted by Crippen LogP contribution is 2.32. The van der Waals surface area contributed by atoms with Gasteiger partial charge in [0, 0.05) is 16.2 Å². The second kappa shape index (κ2) is 9.14. The molecule has 31 heavy (non-hydrogen) atoms. The minimum Gasteiger partial charge on any atom is -0.496 e. The minimum atomic E-state index is -0.529. The largest absolute Gasteiger partial charge is 0.496 e. The molecule has 0 unspecified atom stereocenters. The Balaban J connectivity index is 1.74. The maximum absolute atomic E-state index is 14.3. The van der Waals surface area contributed by atoms with E-state index in [9.17, 15) is 9.18 Å². The molecule has 1 aromatic heterocycles. The molecule has 7 heteroatoms. The molecule has 0 radical (unpaired) electrons. The van der Waals surface area contributed by atoms with Crippen LogP contribution in [0.25, 0.3) is 11.3 Å². The van der Waals surface area contributed by atoms with Gasteiger partial charge in [-0.3, -0.25) is 9.48 Å². The predicted octanol–water partition coefficient (Wildman–Crippen LogP) is 5.76. The van der Waals surface area contributed by atoms with Crippen molar-refractivity contribution in [3.63, 3.8) is 0 Å². The lowest BCUT2D eigenvalue weighted by Crippen LogP contribution is -2.13. The maximum atomic E-state index is 14.3. The molecule has 1 amide bonds. The second-order valence-electron chi connectivity index (χ2n) is 6.85. The van der Waals surface area contributed by atoms with Crippen molar-refractivity contribution in [1.82, 2.24) is 9.78 Å². The molecule has 0 atom stereocenters. The summed E-state index contributed by atoms with van der Waals surface area (Å²) in [6.45, 7) is 0.489. The number of nitrogens with zero attached hydrogens (tertiary/aromatic N) is 2. The van der Waals surface area contributed by atoms with Gasteiger partial charge in [0.15, 0.2) is 0 Å². The molecule has 4 rings (SSSR count). The van der Waals surface area contributed by atoms with Crippen LogP contribution in [-0.2, 0) is 6.54 Å². The number of para-hydroxylation sites is 1. The van der Waals surface area contributed by atoms with Gasteiger partial charge in [-0.05, 0) is 35.9 Å². The Hall–Kier alpha value is -3.45. The number of hydrogen-bond acceptors (Lipinski definition) is 3. The fraction of sp³-hybridized carbons (Fsp3) is 0.0833. The molecule has 0 bridgehead atoms. The molecule has 0 fully saturated rings.